The molecular formula is C16H27N. The lowest BCUT2D eigenvalue weighted by Crippen LogP contribution is -2.45. The Bertz CT molecular complexity index is 298. The first-order valence-electron chi connectivity index (χ1n) is 6.68. The molecule has 17 heavy (non-hydrogen) atoms. The molecule has 0 aromatic rings. The van der Waals surface area contributed by atoms with Crippen LogP contribution in [0.3, 0.4) is 0 Å². The average Bonchev–Trinajstić information content (AvgIpc) is 2.66. The van der Waals surface area contributed by atoms with Gasteiger partial charge in [-0.1, -0.05) is 58.6 Å². The van der Waals surface area contributed by atoms with Crippen molar-refractivity contribution in [3.63, 3.8) is 0 Å². The van der Waals surface area contributed by atoms with E-state index >= 15 is 0 Å². The molecule has 1 nitrogen and oxygen atoms in total. The normalized spacial score (nSPS) is 16.4. The number of rotatable bonds is 6. The molecule has 0 heterocycles. The van der Waals surface area contributed by atoms with Crippen molar-refractivity contribution in [2.24, 2.45) is 23.5 Å². The van der Waals surface area contributed by atoms with Gasteiger partial charge < -0.3 is 5.73 Å². The minimum Gasteiger partial charge on any atom is -0.322 e. The summed E-state index contributed by atoms with van der Waals surface area (Å²) in [4.78, 5) is 0. The lowest BCUT2D eigenvalue weighted by Gasteiger charge is -2.37. The van der Waals surface area contributed by atoms with Crippen LogP contribution in [0.4, 0.5) is 0 Å². The second-order valence-corrected chi connectivity index (χ2v) is 6.17. The number of allylic oxidation sites excluding steroid dienone is 4. The molecule has 0 radical (unpaired) electrons. The Morgan fingerprint density at radius 1 is 1.12 bits per heavy atom. The maximum absolute atomic E-state index is 6.66. The molecule has 0 aromatic heterocycles. The highest BCUT2D eigenvalue weighted by atomic mass is 14.8. The summed E-state index contributed by atoms with van der Waals surface area (Å²) in [6, 6.07) is 0. The lowest BCUT2D eigenvalue weighted by molar-refractivity contribution is 0.318. The van der Waals surface area contributed by atoms with Crippen LogP contribution < -0.4 is 5.73 Å². The summed E-state index contributed by atoms with van der Waals surface area (Å²) in [5, 5.41) is 0. The third kappa shape index (κ3) is 3.85. The molecule has 0 unspecified atom stereocenters. The van der Waals surface area contributed by atoms with Gasteiger partial charge in [0.05, 0.1) is 0 Å². The van der Waals surface area contributed by atoms with Crippen LogP contribution in [0.15, 0.2) is 36.5 Å². The SMILES string of the molecule is C=C(C1C=CC=C1)C(N)(CC(C)C)CC(C)C. The van der Waals surface area contributed by atoms with Crippen molar-refractivity contribution >= 4 is 0 Å². The lowest BCUT2D eigenvalue weighted by atomic mass is 9.74. The minimum atomic E-state index is -0.230. The summed E-state index contributed by atoms with van der Waals surface area (Å²) in [7, 11) is 0. The number of nitrogens with two attached hydrogens (primary N) is 1. The van der Waals surface area contributed by atoms with Crippen LogP contribution >= 0.6 is 0 Å². The third-order valence-electron chi connectivity index (χ3n) is 3.33. The topological polar surface area (TPSA) is 26.0 Å². The maximum atomic E-state index is 6.66. The maximum Gasteiger partial charge on any atom is 0.0379 e. The fourth-order valence-electron chi connectivity index (χ4n) is 2.80. The molecule has 1 heteroatoms. The molecule has 96 valence electrons. The van der Waals surface area contributed by atoms with Crippen LogP contribution in [0, 0.1) is 17.8 Å². The molecule has 0 aliphatic heterocycles. The van der Waals surface area contributed by atoms with E-state index < -0.39 is 0 Å². The molecule has 1 aliphatic rings. The molecular weight excluding hydrogens is 206 g/mol. The number of hydrogen-bond donors (Lipinski definition) is 1. The zero-order chi connectivity index (χ0) is 13.1. The van der Waals surface area contributed by atoms with E-state index in [9.17, 15) is 0 Å². The summed E-state index contributed by atoms with van der Waals surface area (Å²) in [6.45, 7) is 13.2. The van der Waals surface area contributed by atoms with E-state index in [1.807, 2.05) is 0 Å². The van der Waals surface area contributed by atoms with Gasteiger partial charge in [0.1, 0.15) is 0 Å². The summed E-state index contributed by atoms with van der Waals surface area (Å²) >= 11 is 0. The van der Waals surface area contributed by atoms with Gasteiger partial charge in [-0.3, -0.25) is 0 Å². The van der Waals surface area contributed by atoms with Gasteiger partial charge in [-0.25, -0.2) is 0 Å². The smallest absolute Gasteiger partial charge is 0.0379 e. The van der Waals surface area contributed by atoms with Crippen molar-refractivity contribution in [2.75, 3.05) is 0 Å². The van der Waals surface area contributed by atoms with E-state index in [2.05, 4.69) is 58.6 Å². The summed E-state index contributed by atoms with van der Waals surface area (Å²) in [6.07, 6.45) is 10.6. The fourth-order valence-corrected chi connectivity index (χ4v) is 2.80. The van der Waals surface area contributed by atoms with Gasteiger partial charge in [-0.05, 0) is 30.3 Å². The molecule has 0 bridgehead atoms. The molecule has 0 fully saturated rings. The van der Waals surface area contributed by atoms with E-state index in [0.717, 1.165) is 12.8 Å². The van der Waals surface area contributed by atoms with Crippen molar-refractivity contribution in [2.45, 2.75) is 46.1 Å². The van der Waals surface area contributed by atoms with Gasteiger partial charge in [-0.2, -0.15) is 0 Å². The van der Waals surface area contributed by atoms with Crippen LogP contribution in [0.2, 0.25) is 0 Å². The summed E-state index contributed by atoms with van der Waals surface area (Å²) < 4.78 is 0. The quantitative estimate of drug-likeness (QED) is 0.687. The molecule has 0 saturated heterocycles. The fraction of sp³-hybridized carbons (Fsp3) is 0.625. The van der Waals surface area contributed by atoms with Crippen molar-refractivity contribution in [1.29, 1.82) is 0 Å². The Morgan fingerprint density at radius 3 is 1.88 bits per heavy atom. The van der Waals surface area contributed by atoms with Crippen LogP contribution in [0.5, 0.6) is 0 Å². The zero-order valence-corrected chi connectivity index (χ0v) is 11.7. The van der Waals surface area contributed by atoms with Crippen molar-refractivity contribution in [3.8, 4) is 0 Å². The molecule has 0 spiro atoms. The zero-order valence-electron chi connectivity index (χ0n) is 11.7. The van der Waals surface area contributed by atoms with E-state index in [1.165, 1.54) is 5.57 Å². The molecule has 2 N–H and O–H groups in total. The Hall–Kier alpha value is -0.820. The van der Waals surface area contributed by atoms with Crippen LogP contribution in [0.25, 0.3) is 0 Å². The highest BCUT2D eigenvalue weighted by molar-refractivity contribution is 5.33. The van der Waals surface area contributed by atoms with Gasteiger partial charge >= 0.3 is 0 Å². The Labute approximate surface area is 106 Å². The van der Waals surface area contributed by atoms with E-state index in [1.54, 1.807) is 0 Å². The van der Waals surface area contributed by atoms with Crippen molar-refractivity contribution in [3.05, 3.63) is 36.5 Å². The standard InChI is InChI=1S/C16H27N/c1-12(2)10-16(17,11-13(3)4)14(5)15-8-6-7-9-15/h6-9,12-13,15H,5,10-11,17H2,1-4H3. The summed E-state index contributed by atoms with van der Waals surface area (Å²) in [5.41, 5.74) is 7.60. The Kier molecular flexibility index (Phi) is 4.76. The monoisotopic (exact) mass is 233 g/mol. The van der Waals surface area contributed by atoms with Gasteiger partial charge in [0, 0.05) is 11.5 Å². The average molecular weight is 233 g/mol. The molecule has 0 atom stereocenters. The third-order valence-corrected chi connectivity index (χ3v) is 3.33. The first-order chi connectivity index (χ1) is 7.85. The van der Waals surface area contributed by atoms with Gasteiger partial charge in [0.25, 0.3) is 0 Å². The highest BCUT2D eigenvalue weighted by Gasteiger charge is 2.33. The molecule has 1 rings (SSSR count). The number of hydrogen-bond acceptors (Lipinski definition) is 1. The second kappa shape index (κ2) is 5.68. The molecule has 0 aromatic carbocycles. The van der Waals surface area contributed by atoms with Gasteiger partial charge in [0.2, 0.25) is 0 Å². The Balaban J connectivity index is 2.84. The molecule has 1 aliphatic carbocycles. The predicted octanol–water partition coefficient (Wildman–Crippen LogP) is 4.07. The van der Waals surface area contributed by atoms with Crippen LogP contribution in [-0.4, -0.2) is 5.54 Å². The van der Waals surface area contributed by atoms with Gasteiger partial charge in [0.15, 0.2) is 0 Å². The minimum absolute atomic E-state index is 0.230. The highest BCUT2D eigenvalue weighted by Crippen LogP contribution is 2.34. The van der Waals surface area contributed by atoms with Crippen LogP contribution in [0.1, 0.15) is 40.5 Å². The summed E-state index contributed by atoms with van der Waals surface area (Å²) in [5.74, 6) is 1.53. The largest absolute Gasteiger partial charge is 0.322 e. The van der Waals surface area contributed by atoms with Crippen molar-refractivity contribution in [1.82, 2.24) is 0 Å². The Morgan fingerprint density at radius 2 is 1.53 bits per heavy atom. The van der Waals surface area contributed by atoms with E-state index in [0.29, 0.717) is 17.8 Å². The second-order valence-electron chi connectivity index (χ2n) is 6.17. The molecule has 0 amide bonds. The van der Waals surface area contributed by atoms with Crippen LogP contribution in [-0.2, 0) is 0 Å². The van der Waals surface area contributed by atoms with E-state index in [-0.39, 0.29) is 5.54 Å². The van der Waals surface area contributed by atoms with Crippen molar-refractivity contribution < 1.29 is 0 Å². The van der Waals surface area contributed by atoms with E-state index in [4.69, 9.17) is 5.73 Å². The first kappa shape index (κ1) is 14.2. The predicted molar refractivity (Wildman–Crippen MR) is 76.7 cm³/mol. The molecule has 0 saturated carbocycles. The van der Waals surface area contributed by atoms with Gasteiger partial charge in [-0.15, -0.1) is 0 Å². The first-order valence-corrected chi connectivity index (χ1v) is 6.68.